The monoisotopic (exact) mass is 300 g/mol. The summed E-state index contributed by atoms with van der Waals surface area (Å²) < 4.78 is 0. The number of carbonyl (C=O) groups excluding carboxylic acids is 1. The predicted molar refractivity (Wildman–Crippen MR) is 80.1 cm³/mol. The lowest BCUT2D eigenvalue weighted by Gasteiger charge is -2.35. The molecule has 6 heteroatoms. The molecule has 1 atom stereocenters. The van der Waals surface area contributed by atoms with Crippen LogP contribution in [0.2, 0.25) is 0 Å². The van der Waals surface area contributed by atoms with Gasteiger partial charge in [0.05, 0.1) is 5.60 Å². The highest BCUT2D eigenvalue weighted by Gasteiger charge is 2.29. The van der Waals surface area contributed by atoms with E-state index in [9.17, 15) is 14.7 Å². The van der Waals surface area contributed by atoms with E-state index in [1.54, 1.807) is 11.8 Å². The fourth-order valence-electron chi connectivity index (χ4n) is 2.57. The van der Waals surface area contributed by atoms with Gasteiger partial charge in [-0.2, -0.15) is 0 Å². The van der Waals surface area contributed by atoms with Crippen molar-refractivity contribution in [2.45, 2.75) is 58.0 Å². The highest BCUT2D eigenvalue weighted by molar-refractivity contribution is 5.74. The molecule has 1 rings (SSSR count). The molecule has 1 heterocycles. The van der Waals surface area contributed by atoms with Crippen molar-refractivity contribution in [2.75, 3.05) is 19.6 Å². The van der Waals surface area contributed by atoms with E-state index in [2.05, 4.69) is 5.32 Å². The number of carboxylic acids is 1. The molecule has 1 saturated heterocycles. The van der Waals surface area contributed by atoms with Crippen LogP contribution in [-0.2, 0) is 4.79 Å². The summed E-state index contributed by atoms with van der Waals surface area (Å²) in [6.45, 7) is 5.57. The van der Waals surface area contributed by atoms with Gasteiger partial charge in [-0.1, -0.05) is 13.3 Å². The number of likely N-dealkylation sites (tertiary alicyclic amines) is 1. The summed E-state index contributed by atoms with van der Waals surface area (Å²) in [5.41, 5.74) is -0.652. The minimum Gasteiger partial charge on any atom is -0.481 e. The number of rotatable bonds is 7. The standard InChI is InChI=1S/C15H28N2O4/c1-3-12(4-5-13(18)19)6-9-16-14(20)17-10-7-15(2,21)8-11-17/h12,21H,3-11H2,1-2H3,(H,16,20)(H,18,19). The summed E-state index contributed by atoms with van der Waals surface area (Å²) in [5.74, 6) is -0.429. The molecular formula is C15H28N2O4. The molecule has 1 aliphatic heterocycles. The molecule has 0 aromatic carbocycles. The van der Waals surface area contributed by atoms with Gasteiger partial charge in [-0.3, -0.25) is 4.79 Å². The van der Waals surface area contributed by atoms with Gasteiger partial charge in [0, 0.05) is 26.1 Å². The maximum absolute atomic E-state index is 12.0. The number of carboxylic acid groups (broad SMARTS) is 1. The Morgan fingerprint density at radius 2 is 1.90 bits per heavy atom. The van der Waals surface area contributed by atoms with Crippen LogP contribution in [0.5, 0.6) is 0 Å². The van der Waals surface area contributed by atoms with Crippen LogP contribution in [-0.4, -0.2) is 52.3 Å². The minimum atomic E-state index is -0.766. The summed E-state index contributed by atoms with van der Waals surface area (Å²) in [6.07, 6.45) is 3.80. The van der Waals surface area contributed by atoms with E-state index in [4.69, 9.17) is 5.11 Å². The fourth-order valence-corrected chi connectivity index (χ4v) is 2.57. The van der Waals surface area contributed by atoms with Gasteiger partial charge in [-0.05, 0) is 38.5 Å². The number of hydrogen-bond donors (Lipinski definition) is 3. The van der Waals surface area contributed by atoms with E-state index >= 15 is 0 Å². The number of aliphatic hydroxyl groups is 1. The number of piperidine rings is 1. The van der Waals surface area contributed by atoms with Gasteiger partial charge in [0.25, 0.3) is 0 Å². The smallest absolute Gasteiger partial charge is 0.317 e. The Balaban J connectivity index is 2.22. The zero-order chi connectivity index (χ0) is 15.9. The number of nitrogens with zero attached hydrogens (tertiary/aromatic N) is 1. The van der Waals surface area contributed by atoms with Gasteiger partial charge >= 0.3 is 12.0 Å². The van der Waals surface area contributed by atoms with Crippen molar-refractivity contribution in [1.29, 1.82) is 0 Å². The minimum absolute atomic E-state index is 0.0846. The van der Waals surface area contributed by atoms with Crippen molar-refractivity contribution in [1.82, 2.24) is 10.2 Å². The lowest BCUT2D eigenvalue weighted by atomic mass is 9.94. The molecule has 0 spiro atoms. The lowest BCUT2D eigenvalue weighted by Crippen LogP contribution is -2.49. The number of nitrogens with one attached hydrogen (secondary N) is 1. The van der Waals surface area contributed by atoms with Crippen molar-refractivity contribution in [3.8, 4) is 0 Å². The number of carbonyl (C=O) groups is 2. The SMILES string of the molecule is CCC(CCNC(=O)N1CCC(C)(O)CC1)CCC(=O)O. The van der Waals surface area contributed by atoms with Crippen LogP contribution in [0.4, 0.5) is 4.79 Å². The third-order valence-electron chi connectivity index (χ3n) is 4.30. The molecule has 1 unspecified atom stereocenters. The highest BCUT2D eigenvalue weighted by atomic mass is 16.4. The first-order valence-corrected chi connectivity index (χ1v) is 7.81. The van der Waals surface area contributed by atoms with E-state index in [1.165, 1.54) is 0 Å². The predicted octanol–water partition coefficient (Wildman–Crippen LogP) is 1.82. The Morgan fingerprint density at radius 3 is 2.43 bits per heavy atom. The summed E-state index contributed by atoms with van der Waals surface area (Å²) in [6, 6.07) is -0.0846. The topological polar surface area (TPSA) is 89.9 Å². The van der Waals surface area contributed by atoms with Gasteiger partial charge in [0.2, 0.25) is 0 Å². The van der Waals surface area contributed by atoms with E-state index < -0.39 is 11.6 Å². The maximum Gasteiger partial charge on any atom is 0.317 e. The number of hydrogen-bond acceptors (Lipinski definition) is 3. The number of amides is 2. The molecular weight excluding hydrogens is 272 g/mol. The first-order chi connectivity index (χ1) is 9.84. The normalized spacial score (nSPS) is 19.1. The van der Waals surface area contributed by atoms with Gasteiger partial charge in [0.1, 0.15) is 0 Å². The summed E-state index contributed by atoms with van der Waals surface area (Å²) in [7, 11) is 0. The molecule has 0 aliphatic carbocycles. The number of urea groups is 1. The molecule has 3 N–H and O–H groups in total. The largest absolute Gasteiger partial charge is 0.481 e. The Labute approximate surface area is 126 Å². The van der Waals surface area contributed by atoms with Gasteiger partial charge in [-0.25, -0.2) is 4.79 Å². The molecule has 0 aromatic rings. The Morgan fingerprint density at radius 1 is 1.29 bits per heavy atom. The molecule has 0 aromatic heterocycles. The summed E-state index contributed by atoms with van der Waals surface area (Å²) in [4.78, 5) is 24.3. The quantitative estimate of drug-likeness (QED) is 0.669. The van der Waals surface area contributed by atoms with E-state index in [0.29, 0.717) is 44.8 Å². The second-order valence-electron chi connectivity index (χ2n) is 6.21. The van der Waals surface area contributed by atoms with Crippen molar-refractivity contribution < 1.29 is 19.8 Å². The van der Waals surface area contributed by atoms with E-state index in [1.807, 2.05) is 6.92 Å². The molecule has 1 fully saturated rings. The Bertz CT molecular complexity index is 348. The van der Waals surface area contributed by atoms with Crippen molar-refractivity contribution in [3.05, 3.63) is 0 Å². The van der Waals surface area contributed by atoms with Gasteiger partial charge in [-0.15, -0.1) is 0 Å². The molecule has 122 valence electrons. The average molecular weight is 300 g/mol. The summed E-state index contributed by atoms with van der Waals surface area (Å²) >= 11 is 0. The van der Waals surface area contributed by atoms with Crippen LogP contribution >= 0.6 is 0 Å². The first-order valence-electron chi connectivity index (χ1n) is 7.81. The van der Waals surface area contributed by atoms with Crippen LogP contribution in [0.25, 0.3) is 0 Å². The Kier molecular flexibility index (Phi) is 6.95. The van der Waals surface area contributed by atoms with Crippen LogP contribution < -0.4 is 5.32 Å². The van der Waals surface area contributed by atoms with Crippen LogP contribution in [0.1, 0.15) is 52.4 Å². The van der Waals surface area contributed by atoms with E-state index in [-0.39, 0.29) is 12.5 Å². The molecule has 6 nitrogen and oxygen atoms in total. The molecule has 2 amide bonds. The van der Waals surface area contributed by atoms with Crippen molar-refractivity contribution >= 4 is 12.0 Å². The Hall–Kier alpha value is -1.30. The van der Waals surface area contributed by atoms with Gasteiger partial charge < -0.3 is 20.4 Å². The molecule has 1 aliphatic rings. The molecule has 21 heavy (non-hydrogen) atoms. The van der Waals surface area contributed by atoms with E-state index in [0.717, 1.165) is 12.8 Å². The third kappa shape index (κ3) is 6.80. The fraction of sp³-hybridized carbons (Fsp3) is 0.867. The van der Waals surface area contributed by atoms with Crippen LogP contribution in [0.15, 0.2) is 0 Å². The lowest BCUT2D eigenvalue weighted by molar-refractivity contribution is -0.137. The van der Waals surface area contributed by atoms with Crippen molar-refractivity contribution in [2.24, 2.45) is 5.92 Å². The maximum atomic E-state index is 12.0. The zero-order valence-corrected chi connectivity index (χ0v) is 13.1. The van der Waals surface area contributed by atoms with Crippen LogP contribution in [0, 0.1) is 5.92 Å². The third-order valence-corrected chi connectivity index (χ3v) is 4.30. The van der Waals surface area contributed by atoms with Gasteiger partial charge in [0.15, 0.2) is 0 Å². The number of aliphatic carboxylic acids is 1. The first kappa shape index (κ1) is 17.8. The van der Waals surface area contributed by atoms with Crippen molar-refractivity contribution in [3.63, 3.8) is 0 Å². The second-order valence-corrected chi connectivity index (χ2v) is 6.21. The molecule has 0 saturated carbocycles. The molecule has 0 radical (unpaired) electrons. The molecule has 0 bridgehead atoms. The summed E-state index contributed by atoms with van der Waals surface area (Å²) in [5, 5.41) is 21.4. The highest BCUT2D eigenvalue weighted by Crippen LogP contribution is 2.21. The second kappa shape index (κ2) is 8.22. The zero-order valence-electron chi connectivity index (χ0n) is 13.1. The average Bonchev–Trinajstić information content (AvgIpc) is 2.42. The van der Waals surface area contributed by atoms with Crippen LogP contribution in [0.3, 0.4) is 0 Å².